The van der Waals surface area contributed by atoms with Gasteiger partial charge in [-0.15, -0.1) is 0 Å². The summed E-state index contributed by atoms with van der Waals surface area (Å²) in [5, 5.41) is 9.88. The van der Waals surface area contributed by atoms with E-state index in [2.05, 4.69) is 0 Å². The van der Waals surface area contributed by atoms with Crippen LogP contribution in [-0.4, -0.2) is 34.3 Å². The summed E-state index contributed by atoms with van der Waals surface area (Å²) >= 11 is 6.13. The van der Waals surface area contributed by atoms with Gasteiger partial charge in [0.15, 0.2) is 11.6 Å². The lowest BCUT2D eigenvalue weighted by Gasteiger charge is -2.33. The van der Waals surface area contributed by atoms with Crippen LogP contribution in [0.1, 0.15) is 54.1 Å². The second kappa shape index (κ2) is 11.7. The fourth-order valence-corrected chi connectivity index (χ4v) is 5.58. The van der Waals surface area contributed by atoms with Crippen molar-refractivity contribution in [3.63, 3.8) is 0 Å². The molecule has 0 saturated heterocycles. The Balaban J connectivity index is 1.54. The van der Waals surface area contributed by atoms with Crippen LogP contribution in [0.3, 0.4) is 0 Å². The van der Waals surface area contributed by atoms with E-state index in [0.717, 1.165) is 43.7 Å². The molecule has 1 aromatic heterocycles. The van der Waals surface area contributed by atoms with Crippen LogP contribution in [0.15, 0.2) is 54.6 Å². The zero-order valence-electron chi connectivity index (χ0n) is 21.5. The van der Waals surface area contributed by atoms with Crippen LogP contribution in [-0.2, 0) is 11.3 Å². The minimum atomic E-state index is -1.04. The molecule has 1 atom stereocenters. The molecule has 1 heterocycles. The number of aromatic nitrogens is 2. The molecule has 1 aliphatic carbocycles. The molecule has 9 heteroatoms. The van der Waals surface area contributed by atoms with Gasteiger partial charge in [-0.05, 0) is 55.2 Å². The van der Waals surface area contributed by atoms with E-state index in [-0.39, 0.29) is 24.1 Å². The Labute approximate surface area is 230 Å². The Bertz CT molecular complexity index is 1480. The molecular formula is C30H29ClF2N2O4. The van der Waals surface area contributed by atoms with Gasteiger partial charge in [0, 0.05) is 28.3 Å². The third kappa shape index (κ3) is 5.77. The number of nitrogens with zero attached hydrogens (tertiary/aromatic N) is 2. The number of hydrogen-bond acceptors (Lipinski definition) is 4. The van der Waals surface area contributed by atoms with E-state index < -0.39 is 17.6 Å². The first kappa shape index (κ1) is 27.1. The van der Waals surface area contributed by atoms with Crippen LogP contribution < -0.4 is 4.74 Å². The van der Waals surface area contributed by atoms with Crippen molar-refractivity contribution < 1.29 is 28.2 Å². The number of benzene rings is 3. The summed E-state index contributed by atoms with van der Waals surface area (Å²) in [5.41, 5.74) is 2.49. The molecule has 1 N–H and O–H groups in total. The molecule has 0 spiro atoms. The van der Waals surface area contributed by atoms with E-state index in [1.807, 2.05) is 16.7 Å². The number of carboxylic acids is 1. The third-order valence-electron chi connectivity index (χ3n) is 7.44. The fourth-order valence-electron chi connectivity index (χ4n) is 5.46. The highest BCUT2D eigenvalue weighted by molar-refractivity contribution is 6.30. The lowest BCUT2D eigenvalue weighted by Crippen LogP contribution is -2.27. The Hall–Kier alpha value is -3.49. The maximum absolute atomic E-state index is 14.5. The Kier molecular flexibility index (Phi) is 8.14. The zero-order valence-corrected chi connectivity index (χ0v) is 22.3. The molecule has 1 aliphatic rings. The summed E-state index contributed by atoms with van der Waals surface area (Å²) in [5.74, 6) is -1.66. The lowest BCUT2D eigenvalue weighted by molar-refractivity contribution is 0.0621. The molecule has 39 heavy (non-hydrogen) atoms. The number of halogens is 3. The summed E-state index contributed by atoms with van der Waals surface area (Å²) in [4.78, 5) is 16.1. The molecule has 0 amide bonds. The first-order chi connectivity index (χ1) is 18.9. The van der Waals surface area contributed by atoms with Crippen LogP contribution in [0.5, 0.6) is 5.75 Å². The molecule has 0 radical (unpaired) electrons. The molecule has 0 aliphatic heterocycles. The minimum Gasteiger partial charge on any atom is -0.496 e. The summed E-state index contributed by atoms with van der Waals surface area (Å²) in [6, 6.07) is 14.0. The summed E-state index contributed by atoms with van der Waals surface area (Å²) < 4.78 is 42.4. The van der Waals surface area contributed by atoms with Crippen molar-refractivity contribution in [2.45, 2.75) is 44.8 Å². The maximum atomic E-state index is 14.5. The van der Waals surface area contributed by atoms with E-state index in [1.165, 1.54) is 25.3 Å². The van der Waals surface area contributed by atoms with Gasteiger partial charge in [0.25, 0.3) is 0 Å². The van der Waals surface area contributed by atoms with Gasteiger partial charge in [-0.1, -0.05) is 36.9 Å². The topological polar surface area (TPSA) is 73.6 Å². The van der Waals surface area contributed by atoms with Crippen LogP contribution in [0.25, 0.3) is 22.4 Å². The first-order valence-corrected chi connectivity index (χ1v) is 13.3. The molecular weight excluding hydrogens is 526 g/mol. The average molecular weight is 555 g/mol. The van der Waals surface area contributed by atoms with Crippen molar-refractivity contribution in [2.75, 3.05) is 13.7 Å². The van der Waals surface area contributed by atoms with E-state index in [4.69, 9.17) is 26.1 Å². The minimum absolute atomic E-state index is 0.127. The van der Waals surface area contributed by atoms with Crippen molar-refractivity contribution in [3.8, 4) is 17.1 Å². The number of methoxy groups -OCH3 is 1. The monoisotopic (exact) mass is 554 g/mol. The van der Waals surface area contributed by atoms with Gasteiger partial charge in [-0.25, -0.2) is 18.6 Å². The number of imidazole rings is 1. The quantitative estimate of drug-likeness (QED) is 0.230. The molecule has 0 bridgehead atoms. The number of hydrogen-bond donors (Lipinski definition) is 1. The van der Waals surface area contributed by atoms with E-state index >= 15 is 0 Å². The number of rotatable bonds is 9. The van der Waals surface area contributed by atoms with Crippen molar-refractivity contribution in [1.82, 2.24) is 9.55 Å². The zero-order chi connectivity index (χ0) is 27.5. The molecule has 204 valence electrons. The Morgan fingerprint density at radius 2 is 1.79 bits per heavy atom. The number of fused-ring (bicyclic) bond motifs is 1. The highest BCUT2D eigenvalue weighted by Gasteiger charge is 2.30. The number of aromatic carboxylic acids is 1. The third-order valence-corrected chi connectivity index (χ3v) is 7.69. The first-order valence-electron chi connectivity index (χ1n) is 13.0. The second-order valence-electron chi connectivity index (χ2n) is 9.88. The van der Waals surface area contributed by atoms with Crippen LogP contribution in [0, 0.1) is 17.6 Å². The molecule has 1 saturated carbocycles. The van der Waals surface area contributed by atoms with Gasteiger partial charge in [-0.3, -0.25) is 0 Å². The normalized spacial score (nSPS) is 15.0. The van der Waals surface area contributed by atoms with E-state index in [0.29, 0.717) is 39.8 Å². The van der Waals surface area contributed by atoms with Crippen LogP contribution in [0.4, 0.5) is 8.78 Å². The molecule has 1 fully saturated rings. The highest BCUT2D eigenvalue weighted by atomic mass is 35.5. The standard InChI is InChI=1S/C30H29ClF2N2O4/c1-38-28-13-20(30(36)37)7-8-21(28)16-39-17-27(18-5-3-2-4-6-18)35-26-15-24(33)23(32)14-25(26)34-29(35)19-9-11-22(31)12-10-19/h7-15,18,27H,2-6,16-17H2,1H3,(H,36,37). The molecule has 6 nitrogen and oxygen atoms in total. The van der Waals surface area contributed by atoms with Gasteiger partial charge in [-0.2, -0.15) is 0 Å². The predicted molar refractivity (Wildman–Crippen MR) is 145 cm³/mol. The Morgan fingerprint density at radius 1 is 1.08 bits per heavy atom. The number of carboxylic acid groups (broad SMARTS) is 1. The summed E-state index contributed by atoms with van der Waals surface area (Å²) in [6.45, 7) is 0.484. The van der Waals surface area contributed by atoms with Crippen molar-refractivity contribution >= 4 is 28.6 Å². The maximum Gasteiger partial charge on any atom is 0.335 e. The second-order valence-corrected chi connectivity index (χ2v) is 10.3. The van der Waals surface area contributed by atoms with Crippen LogP contribution in [0.2, 0.25) is 5.02 Å². The Morgan fingerprint density at radius 3 is 2.49 bits per heavy atom. The number of carbonyl (C=O) groups is 1. The van der Waals surface area contributed by atoms with E-state index in [9.17, 15) is 18.7 Å². The molecule has 4 aromatic rings. The fraction of sp³-hybridized carbons (Fsp3) is 0.333. The van der Waals surface area contributed by atoms with Gasteiger partial charge in [0.1, 0.15) is 11.6 Å². The lowest BCUT2D eigenvalue weighted by atomic mass is 9.83. The van der Waals surface area contributed by atoms with Crippen molar-refractivity contribution in [2.24, 2.45) is 5.92 Å². The van der Waals surface area contributed by atoms with E-state index in [1.54, 1.807) is 18.2 Å². The number of ether oxygens (including phenoxy) is 2. The largest absolute Gasteiger partial charge is 0.496 e. The highest BCUT2D eigenvalue weighted by Crippen LogP contribution is 2.39. The smallest absolute Gasteiger partial charge is 0.335 e. The van der Waals surface area contributed by atoms with Gasteiger partial charge in [0.2, 0.25) is 0 Å². The SMILES string of the molecule is COc1cc(C(=O)O)ccc1COCC(C1CCCCC1)n1c(-c2ccc(Cl)cc2)nc2cc(F)c(F)cc21. The molecule has 1 unspecified atom stereocenters. The van der Waals surface area contributed by atoms with Gasteiger partial charge >= 0.3 is 5.97 Å². The van der Waals surface area contributed by atoms with Gasteiger partial charge in [0.05, 0.1) is 43.0 Å². The van der Waals surface area contributed by atoms with Crippen molar-refractivity contribution in [1.29, 1.82) is 0 Å². The van der Waals surface area contributed by atoms with Crippen molar-refractivity contribution in [3.05, 3.63) is 82.4 Å². The summed E-state index contributed by atoms with van der Waals surface area (Å²) in [6.07, 6.45) is 5.28. The summed E-state index contributed by atoms with van der Waals surface area (Å²) in [7, 11) is 1.49. The predicted octanol–water partition coefficient (Wildman–Crippen LogP) is 7.68. The average Bonchev–Trinajstić information content (AvgIpc) is 3.29. The molecule has 5 rings (SSSR count). The van der Waals surface area contributed by atoms with Gasteiger partial charge < -0.3 is 19.1 Å². The molecule has 3 aromatic carbocycles. The van der Waals surface area contributed by atoms with Crippen LogP contribution >= 0.6 is 11.6 Å².